The van der Waals surface area contributed by atoms with Gasteiger partial charge in [0.1, 0.15) is 0 Å². The summed E-state index contributed by atoms with van der Waals surface area (Å²) >= 11 is 0. The number of nitrogens with zero attached hydrogens (tertiary/aromatic N) is 2. The number of pyridine rings is 1. The van der Waals surface area contributed by atoms with Crippen LogP contribution in [-0.2, 0) is 10.0 Å². The van der Waals surface area contributed by atoms with Gasteiger partial charge in [0.25, 0.3) is 0 Å². The number of rotatable bonds is 3. The first kappa shape index (κ1) is 18.3. The number of sulfonamides is 1. The van der Waals surface area contributed by atoms with Crippen molar-refractivity contribution in [3.05, 3.63) is 24.5 Å². The van der Waals surface area contributed by atoms with Gasteiger partial charge in [0, 0.05) is 12.7 Å². The molecule has 0 radical (unpaired) electrons. The van der Waals surface area contributed by atoms with Gasteiger partial charge in [-0.1, -0.05) is 27.7 Å². The van der Waals surface area contributed by atoms with Gasteiger partial charge in [0.05, 0.1) is 18.1 Å². The zero-order valence-corrected chi connectivity index (χ0v) is 12.5. The molecule has 1 aromatic rings. The van der Waals surface area contributed by atoms with Crippen molar-refractivity contribution >= 4 is 15.7 Å². The van der Waals surface area contributed by atoms with Crippen molar-refractivity contribution in [2.45, 2.75) is 34.6 Å². The third kappa shape index (κ3) is 6.94. The highest BCUT2D eigenvalue weighted by Crippen LogP contribution is 2.14. The number of anilines is 1. The molecule has 0 unspecified atom stereocenters. The molecular weight excluding hydrogens is 236 g/mol. The lowest BCUT2D eigenvalue weighted by atomic mass is 10.4. The minimum atomic E-state index is -3.17. The van der Waals surface area contributed by atoms with E-state index >= 15 is 0 Å². The molecule has 1 aromatic heterocycles. The van der Waals surface area contributed by atoms with Gasteiger partial charge in [-0.25, -0.2) is 8.42 Å². The van der Waals surface area contributed by atoms with Crippen molar-refractivity contribution in [2.75, 3.05) is 17.1 Å². The Morgan fingerprint density at radius 1 is 1.24 bits per heavy atom. The molecule has 0 aliphatic carbocycles. The van der Waals surface area contributed by atoms with E-state index in [4.69, 9.17) is 0 Å². The largest absolute Gasteiger partial charge is 0.269 e. The zero-order chi connectivity index (χ0) is 13.9. The molecule has 0 fully saturated rings. The van der Waals surface area contributed by atoms with E-state index in [-0.39, 0.29) is 0 Å². The monoisotopic (exact) mass is 260 g/mol. The quantitative estimate of drug-likeness (QED) is 0.839. The lowest BCUT2D eigenvalue weighted by Crippen LogP contribution is -2.29. The van der Waals surface area contributed by atoms with Crippen LogP contribution in [0.5, 0.6) is 0 Å². The van der Waals surface area contributed by atoms with Crippen LogP contribution in [0.3, 0.4) is 0 Å². The fraction of sp³-hybridized carbons (Fsp3) is 0.583. The molecule has 0 N–H and O–H groups in total. The Morgan fingerprint density at radius 2 is 1.76 bits per heavy atom. The van der Waals surface area contributed by atoms with Gasteiger partial charge in [-0.05, 0) is 19.1 Å². The van der Waals surface area contributed by atoms with Gasteiger partial charge < -0.3 is 0 Å². The molecule has 1 rings (SSSR count). The zero-order valence-electron chi connectivity index (χ0n) is 11.6. The molecule has 0 atom stereocenters. The molecule has 100 valence electrons. The minimum Gasteiger partial charge on any atom is -0.269 e. The number of hydrogen-bond donors (Lipinski definition) is 0. The highest BCUT2D eigenvalue weighted by Gasteiger charge is 2.14. The van der Waals surface area contributed by atoms with Crippen LogP contribution in [0.25, 0.3) is 0 Å². The normalized spacial score (nSPS) is 9.29. The molecule has 0 saturated carbocycles. The molecule has 0 aliphatic heterocycles. The average Bonchev–Trinajstić information content (AvgIpc) is 2.35. The minimum absolute atomic E-state index is 0.421. The van der Waals surface area contributed by atoms with Crippen LogP contribution in [-0.4, -0.2) is 26.2 Å². The Hall–Kier alpha value is -1.10. The first-order valence-electron chi connectivity index (χ1n) is 5.93. The van der Waals surface area contributed by atoms with Gasteiger partial charge in [0.15, 0.2) is 0 Å². The maximum Gasteiger partial charge on any atom is 0.232 e. The molecular formula is C12H24N2O2S. The van der Waals surface area contributed by atoms with Crippen LogP contribution in [0.1, 0.15) is 34.6 Å². The van der Waals surface area contributed by atoms with Crippen LogP contribution >= 0.6 is 0 Å². The van der Waals surface area contributed by atoms with Crippen LogP contribution in [0.15, 0.2) is 24.5 Å². The van der Waals surface area contributed by atoms with Crippen molar-refractivity contribution in [1.29, 1.82) is 0 Å². The summed E-state index contributed by atoms with van der Waals surface area (Å²) in [7, 11) is -3.17. The Labute approximate surface area is 106 Å². The van der Waals surface area contributed by atoms with Crippen molar-refractivity contribution in [3.63, 3.8) is 0 Å². The van der Waals surface area contributed by atoms with E-state index < -0.39 is 10.0 Å². The van der Waals surface area contributed by atoms with Crippen molar-refractivity contribution < 1.29 is 8.42 Å². The van der Waals surface area contributed by atoms with E-state index in [1.807, 2.05) is 27.7 Å². The van der Waals surface area contributed by atoms with Gasteiger partial charge >= 0.3 is 0 Å². The summed E-state index contributed by atoms with van der Waals surface area (Å²) in [5.74, 6) is 0. The van der Waals surface area contributed by atoms with Gasteiger partial charge in [-0.2, -0.15) is 0 Å². The highest BCUT2D eigenvalue weighted by molar-refractivity contribution is 7.92. The Morgan fingerprint density at radius 3 is 2.06 bits per heavy atom. The molecule has 5 heteroatoms. The van der Waals surface area contributed by atoms with Crippen LogP contribution in [0.2, 0.25) is 0 Å². The fourth-order valence-corrected chi connectivity index (χ4v) is 2.07. The van der Waals surface area contributed by atoms with E-state index in [1.165, 1.54) is 16.8 Å². The summed E-state index contributed by atoms with van der Waals surface area (Å²) in [4.78, 5) is 3.86. The summed E-state index contributed by atoms with van der Waals surface area (Å²) in [6.07, 6.45) is 4.33. The fourth-order valence-electron chi connectivity index (χ4n) is 1.11. The standard InChI is InChI=1S/C8H12N2O2S.2C2H6/c1-3-10(13(2,11)12)8-5-4-6-9-7-8;2*1-2/h4-7H,3H2,1-2H3;2*1-2H3. The molecule has 4 nitrogen and oxygen atoms in total. The van der Waals surface area contributed by atoms with Crippen molar-refractivity contribution in [2.24, 2.45) is 0 Å². The first-order valence-corrected chi connectivity index (χ1v) is 7.78. The lowest BCUT2D eigenvalue weighted by Gasteiger charge is -2.19. The molecule has 0 aliphatic rings. The predicted molar refractivity (Wildman–Crippen MR) is 74.8 cm³/mol. The molecule has 0 saturated heterocycles. The van der Waals surface area contributed by atoms with Crippen molar-refractivity contribution in [1.82, 2.24) is 4.98 Å². The van der Waals surface area contributed by atoms with E-state index in [9.17, 15) is 8.42 Å². The topological polar surface area (TPSA) is 50.3 Å². The molecule has 1 heterocycles. The van der Waals surface area contributed by atoms with Gasteiger partial charge in [0.2, 0.25) is 10.0 Å². The average molecular weight is 260 g/mol. The SMILES string of the molecule is CC.CC.CCN(c1cccnc1)S(C)(=O)=O. The third-order valence-corrected chi connectivity index (χ3v) is 2.89. The third-order valence-electron chi connectivity index (χ3n) is 1.62. The smallest absolute Gasteiger partial charge is 0.232 e. The van der Waals surface area contributed by atoms with Gasteiger partial charge in [-0.15, -0.1) is 0 Å². The van der Waals surface area contributed by atoms with Crippen LogP contribution in [0, 0.1) is 0 Å². The van der Waals surface area contributed by atoms with Crippen LogP contribution < -0.4 is 4.31 Å². The van der Waals surface area contributed by atoms with Crippen molar-refractivity contribution in [3.8, 4) is 0 Å². The molecule has 0 spiro atoms. The lowest BCUT2D eigenvalue weighted by molar-refractivity contribution is 0.597. The molecule has 0 amide bonds. The summed E-state index contributed by atoms with van der Waals surface area (Å²) in [5.41, 5.74) is 0.604. The molecule has 17 heavy (non-hydrogen) atoms. The number of hydrogen-bond acceptors (Lipinski definition) is 3. The predicted octanol–water partition coefficient (Wildman–Crippen LogP) is 2.92. The molecule has 0 aromatic carbocycles. The van der Waals surface area contributed by atoms with Gasteiger partial charge in [-0.3, -0.25) is 9.29 Å². The van der Waals surface area contributed by atoms with E-state index in [1.54, 1.807) is 25.3 Å². The second-order valence-corrected chi connectivity index (χ2v) is 4.55. The highest BCUT2D eigenvalue weighted by atomic mass is 32.2. The Balaban J connectivity index is 0. The van der Waals surface area contributed by atoms with E-state index in [0.717, 1.165) is 0 Å². The van der Waals surface area contributed by atoms with E-state index in [2.05, 4.69) is 4.98 Å². The summed E-state index contributed by atoms with van der Waals surface area (Å²) in [6.45, 7) is 10.2. The molecule has 0 bridgehead atoms. The maximum atomic E-state index is 11.3. The van der Waals surface area contributed by atoms with E-state index in [0.29, 0.717) is 12.2 Å². The maximum absolute atomic E-state index is 11.3. The first-order chi connectivity index (χ1) is 8.05. The number of aromatic nitrogens is 1. The second-order valence-electron chi connectivity index (χ2n) is 2.64. The summed E-state index contributed by atoms with van der Waals surface area (Å²) < 4.78 is 23.8. The van der Waals surface area contributed by atoms with Crippen LogP contribution in [0.4, 0.5) is 5.69 Å². The summed E-state index contributed by atoms with van der Waals surface area (Å²) in [6, 6.07) is 3.43. The summed E-state index contributed by atoms with van der Waals surface area (Å²) in [5, 5.41) is 0. The Kier molecular flexibility index (Phi) is 10.8. The second kappa shape index (κ2) is 10.1. The Bertz CT molecular complexity index is 363.